The molecule has 1 N–H and O–H groups in total. The van der Waals surface area contributed by atoms with Crippen LogP contribution >= 0.6 is 0 Å². The van der Waals surface area contributed by atoms with E-state index < -0.39 is 5.97 Å². The van der Waals surface area contributed by atoms with Gasteiger partial charge in [0.1, 0.15) is 0 Å². The van der Waals surface area contributed by atoms with Crippen molar-refractivity contribution >= 4 is 11.9 Å². The molecule has 0 aliphatic heterocycles. The predicted molar refractivity (Wildman–Crippen MR) is 97.6 cm³/mol. The lowest BCUT2D eigenvalue weighted by Gasteiger charge is -2.11. The van der Waals surface area contributed by atoms with E-state index in [4.69, 9.17) is 14.2 Å². The Balaban J connectivity index is 1.80. The molecule has 0 fully saturated rings. The fourth-order valence-electron chi connectivity index (χ4n) is 2.33. The summed E-state index contributed by atoms with van der Waals surface area (Å²) in [6, 6.07) is 14.6. The number of amides is 1. The zero-order valence-corrected chi connectivity index (χ0v) is 15.0. The molecular formula is C20H23NO5. The predicted octanol–water partition coefficient (Wildman–Crippen LogP) is 2.61. The average molecular weight is 357 g/mol. The van der Waals surface area contributed by atoms with Gasteiger partial charge in [0, 0.05) is 6.54 Å². The Morgan fingerprint density at radius 3 is 2.50 bits per heavy atom. The molecule has 0 unspecified atom stereocenters. The number of rotatable bonds is 9. The summed E-state index contributed by atoms with van der Waals surface area (Å²) >= 11 is 0. The summed E-state index contributed by atoms with van der Waals surface area (Å²) in [6.07, 6.45) is 0.719. The van der Waals surface area contributed by atoms with E-state index in [9.17, 15) is 9.59 Å². The van der Waals surface area contributed by atoms with Crippen LogP contribution in [-0.4, -0.2) is 38.7 Å². The molecule has 0 aliphatic carbocycles. The maximum absolute atomic E-state index is 12.1. The van der Waals surface area contributed by atoms with Gasteiger partial charge in [-0.05, 0) is 37.1 Å². The van der Waals surface area contributed by atoms with Crippen molar-refractivity contribution in [3.63, 3.8) is 0 Å². The van der Waals surface area contributed by atoms with Gasteiger partial charge in [-0.15, -0.1) is 0 Å². The third-order valence-electron chi connectivity index (χ3n) is 3.61. The normalized spacial score (nSPS) is 10.1. The molecule has 0 saturated carbocycles. The van der Waals surface area contributed by atoms with Gasteiger partial charge in [0.15, 0.2) is 18.1 Å². The number of ether oxygens (including phenoxy) is 3. The monoisotopic (exact) mass is 357 g/mol. The molecule has 26 heavy (non-hydrogen) atoms. The van der Waals surface area contributed by atoms with Crippen LogP contribution in [0.25, 0.3) is 0 Å². The van der Waals surface area contributed by atoms with E-state index in [1.807, 2.05) is 37.3 Å². The quantitative estimate of drug-likeness (QED) is 0.699. The lowest BCUT2D eigenvalue weighted by atomic mass is 10.1. The highest BCUT2D eigenvalue weighted by Crippen LogP contribution is 2.28. The summed E-state index contributed by atoms with van der Waals surface area (Å²) in [5.41, 5.74) is 1.43. The first-order valence-corrected chi connectivity index (χ1v) is 8.42. The minimum atomic E-state index is -0.591. The van der Waals surface area contributed by atoms with Gasteiger partial charge in [-0.1, -0.05) is 30.3 Å². The van der Waals surface area contributed by atoms with Crippen LogP contribution < -0.4 is 14.8 Å². The van der Waals surface area contributed by atoms with Gasteiger partial charge >= 0.3 is 5.97 Å². The van der Waals surface area contributed by atoms with E-state index in [2.05, 4.69) is 5.32 Å². The number of carbonyl (C=O) groups excluding carboxylic acids is 2. The van der Waals surface area contributed by atoms with E-state index in [1.165, 1.54) is 13.2 Å². The van der Waals surface area contributed by atoms with Crippen molar-refractivity contribution in [1.82, 2.24) is 5.32 Å². The molecule has 0 radical (unpaired) electrons. The second-order valence-electron chi connectivity index (χ2n) is 5.46. The van der Waals surface area contributed by atoms with Crippen molar-refractivity contribution < 1.29 is 23.8 Å². The molecule has 0 saturated heterocycles. The average Bonchev–Trinajstić information content (AvgIpc) is 2.67. The third kappa shape index (κ3) is 5.81. The summed E-state index contributed by atoms with van der Waals surface area (Å²) in [5.74, 6) is 0.0541. The highest BCUT2D eigenvalue weighted by Gasteiger charge is 2.13. The number of nitrogens with one attached hydrogen (secondary N) is 1. The largest absolute Gasteiger partial charge is 0.493 e. The molecule has 2 aromatic rings. The van der Waals surface area contributed by atoms with Crippen LogP contribution in [0.15, 0.2) is 48.5 Å². The van der Waals surface area contributed by atoms with Crippen LogP contribution in [-0.2, 0) is 16.0 Å². The van der Waals surface area contributed by atoms with Crippen molar-refractivity contribution in [3.05, 3.63) is 59.7 Å². The van der Waals surface area contributed by atoms with Crippen LogP contribution in [0.5, 0.6) is 11.5 Å². The Kier molecular flexibility index (Phi) is 7.49. The SMILES string of the molecule is CCOc1cc(C(=O)OCC(=O)NCCc2ccccc2)ccc1OC. The first-order chi connectivity index (χ1) is 12.6. The molecule has 138 valence electrons. The van der Waals surface area contributed by atoms with Crippen molar-refractivity contribution in [2.24, 2.45) is 0 Å². The fraction of sp³-hybridized carbons (Fsp3) is 0.300. The molecule has 0 aliphatic rings. The van der Waals surface area contributed by atoms with Gasteiger partial charge in [-0.3, -0.25) is 4.79 Å². The van der Waals surface area contributed by atoms with Gasteiger partial charge < -0.3 is 19.5 Å². The summed E-state index contributed by atoms with van der Waals surface area (Å²) < 4.78 is 15.6. The summed E-state index contributed by atoms with van der Waals surface area (Å²) in [6.45, 7) is 2.43. The Hall–Kier alpha value is -3.02. The van der Waals surface area contributed by atoms with Crippen LogP contribution in [0, 0.1) is 0 Å². The molecule has 0 bridgehead atoms. The molecule has 2 rings (SSSR count). The van der Waals surface area contributed by atoms with E-state index in [1.54, 1.807) is 12.1 Å². The van der Waals surface area contributed by atoms with Gasteiger partial charge in [-0.25, -0.2) is 4.79 Å². The molecule has 0 aromatic heterocycles. The topological polar surface area (TPSA) is 73.9 Å². The lowest BCUT2D eigenvalue weighted by Crippen LogP contribution is -2.30. The summed E-state index contributed by atoms with van der Waals surface area (Å²) in [7, 11) is 1.52. The maximum Gasteiger partial charge on any atom is 0.338 e. The van der Waals surface area contributed by atoms with Crippen LogP contribution in [0.2, 0.25) is 0 Å². The maximum atomic E-state index is 12.1. The first-order valence-electron chi connectivity index (χ1n) is 8.42. The Bertz CT molecular complexity index is 730. The fourth-order valence-corrected chi connectivity index (χ4v) is 2.33. The summed E-state index contributed by atoms with van der Waals surface area (Å²) in [5, 5.41) is 2.73. The number of carbonyl (C=O) groups is 2. The molecule has 6 nitrogen and oxygen atoms in total. The van der Waals surface area contributed by atoms with Crippen LogP contribution in [0.4, 0.5) is 0 Å². The number of hydrogen-bond acceptors (Lipinski definition) is 5. The van der Waals surface area contributed by atoms with Crippen LogP contribution in [0.1, 0.15) is 22.8 Å². The highest BCUT2D eigenvalue weighted by molar-refractivity contribution is 5.92. The van der Waals surface area contributed by atoms with Crippen molar-refractivity contribution in [2.75, 3.05) is 26.9 Å². The number of methoxy groups -OCH3 is 1. The van der Waals surface area contributed by atoms with Crippen molar-refractivity contribution in [2.45, 2.75) is 13.3 Å². The minimum Gasteiger partial charge on any atom is -0.493 e. The zero-order chi connectivity index (χ0) is 18.8. The number of hydrogen-bond donors (Lipinski definition) is 1. The summed E-state index contributed by atoms with van der Waals surface area (Å²) in [4.78, 5) is 23.9. The molecule has 1 amide bonds. The molecular weight excluding hydrogens is 334 g/mol. The Labute approximate surface area is 153 Å². The Morgan fingerprint density at radius 1 is 1.04 bits per heavy atom. The van der Waals surface area contributed by atoms with Gasteiger partial charge in [0.25, 0.3) is 5.91 Å². The number of esters is 1. The first kappa shape index (κ1) is 19.3. The Morgan fingerprint density at radius 2 is 1.81 bits per heavy atom. The van der Waals surface area contributed by atoms with E-state index in [0.29, 0.717) is 30.2 Å². The standard InChI is InChI=1S/C20H23NO5/c1-3-25-18-13-16(9-10-17(18)24-2)20(23)26-14-19(22)21-12-11-15-7-5-4-6-8-15/h4-10,13H,3,11-12,14H2,1-2H3,(H,21,22). The van der Waals surface area contributed by atoms with Crippen molar-refractivity contribution in [1.29, 1.82) is 0 Å². The van der Waals surface area contributed by atoms with E-state index >= 15 is 0 Å². The second-order valence-corrected chi connectivity index (χ2v) is 5.46. The van der Waals surface area contributed by atoms with E-state index in [0.717, 1.165) is 12.0 Å². The molecule has 2 aromatic carbocycles. The lowest BCUT2D eigenvalue weighted by molar-refractivity contribution is -0.124. The molecule has 0 spiro atoms. The third-order valence-corrected chi connectivity index (χ3v) is 3.61. The molecule has 0 atom stereocenters. The number of benzene rings is 2. The van der Waals surface area contributed by atoms with Gasteiger partial charge in [0.05, 0.1) is 19.3 Å². The van der Waals surface area contributed by atoms with E-state index in [-0.39, 0.29) is 12.5 Å². The highest BCUT2D eigenvalue weighted by atomic mass is 16.5. The van der Waals surface area contributed by atoms with Gasteiger partial charge in [0.2, 0.25) is 0 Å². The molecule has 6 heteroatoms. The van der Waals surface area contributed by atoms with Gasteiger partial charge in [-0.2, -0.15) is 0 Å². The second kappa shape index (κ2) is 10.1. The van der Waals surface area contributed by atoms with Crippen LogP contribution in [0.3, 0.4) is 0 Å². The minimum absolute atomic E-state index is 0.298. The smallest absolute Gasteiger partial charge is 0.338 e. The molecule has 0 heterocycles. The zero-order valence-electron chi connectivity index (χ0n) is 15.0. The van der Waals surface area contributed by atoms with Crippen molar-refractivity contribution in [3.8, 4) is 11.5 Å².